The van der Waals surface area contributed by atoms with Gasteiger partial charge < -0.3 is 15.8 Å². The van der Waals surface area contributed by atoms with Crippen LogP contribution in [0, 0.1) is 5.92 Å². The molecule has 1 aliphatic heterocycles. The lowest BCUT2D eigenvalue weighted by atomic mass is 10.0. The van der Waals surface area contributed by atoms with Gasteiger partial charge in [-0.25, -0.2) is 4.79 Å². The minimum atomic E-state index is -0.440. The van der Waals surface area contributed by atoms with Gasteiger partial charge in [-0.2, -0.15) is 11.8 Å². The van der Waals surface area contributed by atoms with Crippen molar-refractivity contribution in [3.8, 4) is 0 Å². The second-order valence-corrected chi connectivity index (χ2v) is 6.78. The van der Waals surface area contributed by atoms with E-state index >= 15 is 0 Å². The molecule has 0 aromatic heterocycles. The Morgan fingerprint density at radius 2 is 2.29 bits per heavy atom. The van der Waals surface area contributed by atoms with Crippen molar-refractivity contribution < 1.29 is 9.53 Å². The van der Waals surface area contributed by atoms with E-state index in [2.05, 4.69) is 5.32 Å². The van der Waals surface area contributed by atoms with Crippen LogP contribution >= 0.6 is 11.8 Å². The number of thioether (sulfide) groups is 1. The second-order valence-electron chi connectivity index (χ2n) is 5.43. The molecular weight excluding hydrogens is 236 g/mol. The first-order valence-corrected chi connectivity index (χ1v) is 7.26. The first kappa shape index (κ1) is 14.6. The number of rotatable bonds is 4. The van der Waals surface area contributed by atoms with E-state index in [4.69, 9.17) is 10.5 Å². The molecule has 17 heavy (non-hydrogen) atoms. The van der Waals surface area contributed by atoms with Crippen LogP contribution in [0.25, 0.3) is 0 Å². The molecule has 4 nitrogen and oxygen atoms in total. The third-order valence-corrected chi connectivity index (χ3v) is 4.27. The van der Waals surface area contributed by atoms with Gasteiger partial charge in [0.25, 0.3) is 0 Å². The molecule has 100 valence electrons. The smallest absolute Gasteiger partial charge is 0.407 e. The van der Waals surface area contributed by atoms with Crippen LogP contribution in [-0.2, 0) is 4.74 Å². The van der Waals surface area contributed by atoms with Gasteiger partial charge in [0.1, 0.15) is 5.60 Å². The van der Waals surface area contributed by atoms with Crippen LogP contribution in [0.3, 0.4) is 0 Å². The molecule has 3 N–H and O–H groups in total. The SMILES string of the molecule is CC(C)(C)OC(=O)NCC(CN)C1CCCS1. The maximum absolute atomic E-state index is 11.5. The Kier molecular flexibility index (Phi) is 5.59. The van der Waals surface area contributed by atoms with Gasteiger partial charge in [0, 0.05) is 17.7 Å². The van der Waals surface area contributed by atoms with E-state index in [0.29, 0.717) is 24.3 Å². The standard InChI is InChI=1S/C12H24N2O2S/c1-12(2,3)16-11(15)14-8-9(7-13)10-5-4-6-17-10/h9-10H,4-8,13H2,1-3H3,(H,14,15). The van der Waals surface area contributed by atoms with Crippen LogP contribution in [0.1, 0.15) is 33.6 Å². The molecule has 0 aromatic carbocycles. The van der Waals surface area contributed by atoms with Crippen LogP contribution < -0.4 is 11.1 Å². The molecule has 1 amide bonds. The van der Waals surface area contributed by atoms with E-state index in [-0.39, 0.29) is 6.09 Å². The maximum Gasteiger partial charge on any atom is 0.407 e. The van der Waals surface area contributed by atoms with Crippen molar-refractivity contribution in [1.29, 1.82) is 0 Å². The zero-order valence-electron chi connectivity index (χ0n) is 11.0. The first-order chi connectivity index (χ1) is 7.92. The lowest BCUT2D eigenvalue weighted by Gasteiger charge is -2.24. The molecular formula is C12H24N2O2S. The second kappa shape index (κ2) is 6.50. The lowest BCUT2D eigenvalue weighted by molar-refractivity contribution is 0.0519. The highest BCUT2D eigenvalue weighted by molar-refractivity contribution is 8.00. The predicted octanol–water partition coefficient (Wildman–Crippen LogP) is 1.98. The number of carbonyl (C=O) groups excluding carboxylic acids is 1. The lowest BCUT2D eigenvalue weighted by Crippen LogP contribution is -2.39. The maximum atomic E-state index is 11.5. The number of hydrogen-bond donors (Lipinski definition) is 2. The molecule has 2 atom stereocenters. The number of amides is 1. The molecule has 1 rings (SSSR count). The van der Waals surface area contributed by atoms with E-state index in [9.17, 15) is 4.79 Å². The van der Waals surface area contributed by atoms with Crippen molar-refractivity contribution in [3.63, 3.8) is 0 Å². The van der Waals surface area contributed by atoms with Crippen molar-refractivity contribution in [2.75, 3.05) is 18.8 Å². The van der Waals surface area contributed by atoms with Crippen LogP contribution in [0.2, 0.25) is 0 Å². The summed E-state index contributed by atoms with van der Waals surface area (Å²) in [6, 6.07) is 0. The zero-order chi connectivity index (χ0) is 12.9. The number of alkyl carbamates (subject to hydrolysis) is 1. The molecule has 2 unspecified atom stereocenters. The van der Waals surface area contributed by atoms with Crippen LogP contribution in [0.4, 0.5) is 4.79 Å². The number of carbonyl (C=O) groups is 1. The Hall–Kier alpha value is -0.420. The molecule has 1 aliphatic rings. The highest BCUT2D eigenvalue weighted by atomic mass is 32.2. The van der Waals surface area contributed by atoms with Gasteiger partial charge >= 0.3 is 6.09 Å². The molecule has 0 saturated carbocycles. The average molecular weight is 260 g/mol. The normalized spacial score (nSPS) is 22.2. The molecule has 0 bridgehead atoms. The van der Waals surface area contributed by atoms with Crippen molar-refractivity contribution in [1.82, 2.24) is 5.32 Å². The molecule has 0 aliphatic carbocycles. The zero-order valence-corrected chi connectivity index (χ0v) is 11.8. The quantitative estimate of drug-likeness (QED) is 0.811. The Bertz CT molecular complexity index is 247. The number of nitrogens with one attached hydrogen (secondary N) is 1. The molecule has 0 spiro atoms. The van der Waals surface area contributed by atoms with E-state index in [1.807, 2.05) is 32.5 Å². The summed E-state index contributed by atoms with van der Waals surface area (Å²) in [6.07, 6.45) is 2.12. The minimum Gasteiger partial charge on any atom is -0.444 e. The van der Waals surface area contributed by atoms with Gasteiger partial charge in [0.05, 0.1) is 0 Å². The topological polar surface area (TPSA) is 64.3 Å². The Labute approximate surface area is 108 Å². The van der Waals surface area contributed by atoms with E-state index in [1.165, 1.54) is 18.6 Å². The summed E-state index contributed by atoms with van der Waals surface area (Å²) >= 11 is 1.97. The fourth-order valence-corrected chi connectivity index (χ4v) is 3.32. The van der Waals surface area contributed by atoms with Crippen LogP contribution in [0.15, 0.2) is 0 Å². The van der Waals surface area contributed by atoms with Gasteiger partial charge in [0.15, 0.2) is 0 Å². The summed E-state index contributed by atoms with van der Waals surface area (Å²) in [5.74, 6) is 1.57. The van der Waals surface area contributed by atoms with E-state index in [0.717, 1.165) is 0 Å². The Balaban J connectivity index is 2.29. The van der Waals surface area contributed by atoms with Crippen LogP contribution in [-0.4, -0.2) is 35.8 Å². The number of nitrogens with two attached hydrogens (primary N) is 1. The third-order valence-electron chi connectivity index (χ3n) is 2.70. The van der Waals surface area contributed by atoms with Crippen molar-refractivity contribution in [2.24, 2.45) is 11.7 Å². The predicted molar refractivity (Wildman–Crippen MR) is 72.3 cm³/mol. The number of hydrogen-bond acceptors (Lipinski definition) is 4. The van der Waals surface area contributed by atoms with Crippen LogP contribution in [0.5, 0.6) is 0 Å². The van der Waals surface area contributed by atoms with Gasteiger partial charge in [0.2, 0.25) is 0 Å². The molecule has 5 heteroatoms. The van der Waals surface area contributed by atoms with Gasteiger partial charge in [-0.1, -0.05) is 0 Å². The highest BCUT2D eigenvalue weighted by Gasteiger charge is 2.25. The summed E-state index contributed by atoms with van der Waals surface area (Å²) < 4.78 is 5.20. The molecule has 1 saturated heterocycles. The molecule has 1 fully saturated rings. The third kappa shape index (κ3) is 5.64. The summed E-state index contributed by atoms with van der Waals surface area (Å²) in [4.78, 5) is 11.5. The Morgan fingerprint density at radius 3 is 2.76 bits per heavy atom. The molecule has 0 aromatic rings. The summed E-state index contributed by atoms with van der Waals surface area (Å²) in [5.41, 5.74) is 5.32. The van der Waals surface area contributed by atoms with Crippen molar-refractivity contribution in [3.05, 3.63) is 0 Å². The van der Waals surface area contributed by atoms with Gasteiger partial charge in [-0.15, -0.1) is 0 Å². The molecule has 1 heterocycles. The first-order valence-electron chi connectivity index (χ1n) is 6.21. The number of ether oxygens (including phenoxy) is 1. The van der Waals surface area contributed by atoms with E-state index in [1.54, 1.807) is 0 Å². The summed E-state index contributed by atoms with van der Waals surface area (Å²) in [6.45, 7) is 6.82. The molecule has 0 radical (unpaired) electrons. The van der Waals surface area contributed by atoms with Gasteiger partial charge in [-0.05, 0) is 45.9 Å². The summed E-state index contributed by atoms with van der Waals surface area (Å²) in [5, 5.41) is 3.41. The highest BCUT2D eigenvalue weighted by Crippen LogP contribution is 2.31. The minimum absolute atomic E-state index is 0.348. The van der Waals surface area contributed by atoms with Crippen molar-refractivity contribution in [2.45, 2.75) is 44.5 Å². The fraction of sp³-hybridized carbons (Fsp3) is 0.917. The van der Waals surface area contributed by atoms with Crippen molar-refractivity contribution >= 4 is 17.9 Å². The average Bonchev–Trinajstić information content (AvgIpc) is 2.69. The summed E-state index contributed by atoms with van der Waals surface area (Å²) in [7, 11) is 0. The Morgan fingerprint density at radius 1 is 1.59 bits per heavy atom. The monoisotopic (exact) mass is 260 g/mol. The van der Waals surface area contributed by atoms with Gasteiger partial charge in [-0.3, -0.25) is 0 Å². The largest absolute Gasteiger partial charge is 0.444 e. The van der Waals surface area contributed by atoms with E-state index < -0.39 is 5.60 Å². The fourth-order valence-electron chi connectivity index (χ4n) is 1.87.